The van der Waals surface area contributed by atoms with Crippen molar-refractivity contribution in [1.29, 1.82) is 0 Å². The summed E-state index contributed by atoms with van der Waals surface area (Å²) in [6, 6.07) is 11.6. The van der Waals surface area contributed by atoms with Gasteiger partial charge in [0.2, 0.25) is 10.0 Å². The standard InChI is InChI=1S/C23H27N5O4S/c1-16(17-7-10-20(11-8-17)28-15-24-14-25-28)26-23(29)18-9-12-21(32-2)22(13-18)33(30,31)27-19-5-3-4-6-19/h7-16,19,27H,3-6H2,1-2H3,(H,26,29)/t16-/m0/s1. The molecule has 0 radical (unpaired) electrons. The van der Waals surface area contributed by atoms with Gasteiger partial charge in [-0.25, -0.2) is 22.8 Å². The number of nitrogens with one attached hydrogen (secondary N) is 2. The minimum absolute atomic E-state index is 0.0330. The van der Waals surface area contributed by atoms with Crippen LogP contribution in [0.5, 0.6) is 5.75 Å². The van der Waals surface area contributed by atoms with Crippen molar-refractivity contribution in [3.05, 3.63) is 66.2 Å². The number of methoxy groups -OCH3 is 1. The molecule has 1 aliphatic carbocycles. The second-order valence-electron chi connectivity index (χ2n) is 8.10. The smallest absolute Gasteiger partial charge is 0.251 e. The maximum atomic E-state index is 13.0. The van der Waals surface area contributed by atoms with Gasteiger partial charge in [0, 0.05) is 11.6 Å². The number of benzene rings is 2. The van der Waals surface area contributed by atoms with Crippen LogP contribution in [0.1, 0.15) is 54.6 Å². The molecule has 1 fully saturated rings. The number of sulfonamides is 1. The van der Waals surface area contributed by atoms with Gasteiger partial charge in [0.1, 0.15) is 23.3 Å². The predicted octanol–water partition coefficient (Wildman–Crippen LogP) is 2.99. The van der Waals surface area contributed by atoms with Crippen molar-refractivity contribution in [3.63, 3.8) is 0 Å². The Labute approximate surface area is 193 Å². The molecule has 4 rings (SSSR count). The molecule has 0 saturated heterocycles. The van der Waals surface area contributed by atoms with Crippen LogP contribution in [0.3, 0.4) is 0 Å². The third-order valence-electron chi connectivity index (χ3n) is 5.82. The lowest BCUT2D eigenvalue weighted by Crippen LogP contribution is -2.33. The van der Waals surface area contributed by atoms with Gasteiger partial charge in [0.05, 0.1) is 18.8 Å². The van der Waals surface area contributed by atoms with Crippen LogP contribution in [-0.2, 0) is 10.0 Å². The van der Waals surface area contributed by atoms with E-state index >= 15 is 0 Å². The van der Waals surface area contributed by atoms with E-state index in [9.17, 15) is 13.2 Å². The van der Waals surface area contributed by atoms with E-state index in [2.05, 4.69) is 20.1 Å². The van der Waals surface area contributed by atoms with E-state index in [0.717, 1.165) is 36.9 Å². The number of rotatable bonds is 8. The number of carbonyl (C=O) groups excluding carboxylic acids is 1. The SMILES string of the molecule is COc1ccc(C(=O)N[C@@H](C)c2ccc(-n3cncn3)cc2)cc1S(=O)(=O)NC1CCCC1. The highest BCUT2D eigenvalue weighted by atomic mass is 32.2. The number of ether oxygens (including phenoxy) is 1. The zero-order chi connectivity index (χ0) is 23.4. The molecule has 1 atom stereocenters. The molecule has 1 aromatic heterocycles. The highest BCUT2D eigenvalue weighted by Crippen LogP contribution is 2.27. The summed E-state index contributed by atoms with van der Waals surface area (Å²) < 4.78 is 35.6. The number of aromatic nitrogens is 3. The van der Waals surface area contributed by atoms with Crippen molar-refractivity contribution < 1.29 is 17.9 Å². The molecule has 2 N–H and O–H groups in total. The summed E-state index contributed by atoms with van der Waals surface area (Å²) in [6.07, 6.45) is 6.71. The molecule has 33 heavy (non-hydrogen) atoms. The van der Waals surface area contributed by atoms with Crippen LogP contribution >= 0.6 is 0 Å². The molecule has 3 aromatic rings. The van der Waals surface area contributed by atoms with Crippen LogP contribution in [0, 0.1) is 0 Å². The number of hydrogen-bond donors (Lipinski definition) is 2. The summed E-state index contributed by atoms with van der Waals surface area (Å²) in [7, 11) is -2.41. The Morgan fingerprint density at radius 1 is 1.15 bits per heavy atom. The molecule has 9 nitrogen and oxygen atoms in total. The van der Waals surface area contributed by atoms with E-state index in [1.54, 1.807) is 17.1 Å². The summed E-state index contributed by atoms with van der Waals surface area (Å²) in [6.45, 7) is 1.87. The van der Waals surface area contributed by atoms with E-state index < -0.39 is 10.0 Å². The summed E-state index contributed by atoms with van der Waals surface area (Å²) in [5.74, 6) is -0.170. The van der Waals surface area contributed by atoms with E-state index in [1.165, 1.54) is 25.6 Å². The molecule has 0 unspecified atom stereocenters. The Morgan fingerprint density at radius 2 is 1.88 bits per heavy atom. The van der Waals surface area contributed by atoms with Gasteiger partial charge < -0.3 is 10.1 Å². The van der Waals surface area contributed by atoms with Crippen molar-refractivity contribution in [2.24, 2.45) is 0 Å². The molecule has 1 heterocycles. The highest BCUT2D eigenvalue weighted by molar-refractivity contribution is 7.89. The molecule has 0 spiro atoms. The highest BCUT2D eigenvalue weighted by Gasteiger charge is 2.27. The van der Waals surface area contributed by atoms with Crippen LogP contribution in [0.15, 0.2) is 60.0 Å². The zero-order valence-corrected chi connectivity index (χ0v) is 19.4. The van der Waals surface area contributed by atoms with Gasteiger partial charge in [-0.2, -0.15) is 5.10 Å². The van der Waals surface area contributed by atoms with E-state index in [-0.39, 0.29) is 34.2 Å². The van der Waals surface area contributed by atoms with E-state index in [1.807, 2.05) is 31.2 Å². The van der Waals surface area contributed by atoms with Crippen LogP contribution < -0.4 is 14.8 Å². The molecule has 2 aromatic carbocycles. The van der Waals surface area contributed by atoms with Gasteiger partial charge in [0.15, 0.2) is 0 Å². The summed E-state index contributed by atoms with van der Waals surface area (Å²) in [5, 5.41) is 7.02. The van der Waals surface area contributed by atoms with Gasteiger partial charge in [0.25, 0.3) is 5.91 Å². The van der Waals surface area contributed by atoms with Crippen molar-refractivity contribution in [3.8, 4) is 11.4 Å². The first-order valence-corrected chi connectivity index (χ1v) is 12.3. The average Bonchev–Trinajstić information content (AvgIpc) is 3.53. The fourth-order valence-electron chi connectivity index (χ4n) is 3.98. The molecule has 174 valence electrons. The minimum atomic E-state index is -3.82. The topological polar surface area (TPSA) is 115 Å². The Balaban J connectivity index is 1.50. The normalized spacial score (nSPS) is 15.3. The molecular weight excluding hydrogens is 442 g/mol. The second kappa shape index (κ2) is 9.72. The second-order valence-corrected chi connectivity index (χ2v) is 9.78. The quantitative estimate of drug-likeness (QED) is 0.524. The molecule has 10 heteroatoms. The molecule has 0 aliphatic heterocycles. The largest absolute Gasteiger partial charge is 0.495 e. The van der Waals surface area contributed by atoms with Crippen molar-refractivity contribution in [1.82, 2.24) is 24.8 Å². The summed E-state index contributed by atoms with van der Waals surface area (Å²) >= 11 is 0. The first-order valence-electron chi connectivity index (χ1n) is 10.8. The van der Waals surface area contributed by atoms with E-state index in [4.69, 9.17) is 4.74 Å². The summed E-state index contributed by atoms with van der Waals surface area (Å²) in [5.41, 5.74) is 2.00. The molecule has 0 bridgehead atoms. The lowest BCUT2D eigenvalue weighted by atomic mass is 10.1. The van der Waals surface area contributed by atoms with Crippen LogP contribution in [0.4, 0.5) is 0 Å². The number of carbonyl (C=O) groups is 1. The van der Waals surface area contributed by atoms with Crippen molar-refractivity contribution in [2.45, 2.75) is 49.6 Å². The number of hydrogen-bond acceptors (Lipinski definition) is 6. The molecule has 1 saturated carbocycles. The van der Waals surface area contributed by atoms with Gasteiger partial charge in [-0.3, -0.25) is 4.79 Å². The van der Waals surface area contributed by atoms with Gasteiger partial charge in [-0.05, 0) is 55.7 Å². The first kappa shape index (κ1) is 22.9. The first-order chi connectivity index (χ1) is 15.9. The molecule has 1 amide bonds. The third-order valence-corrected chi connectivity index (χ3v) is 7.36. The Kier molecular flexibility index (Phi) is 6.75. The van der Waals surface area contributed by atoms with E-state index in [0.29, 0.717) is 0 Å². The maximum Gasteiger partial charge on any atom is 0.251 e. The lowest BCUT2D eigenvalue weighted by molar-refractivity contribution is 0.0939. The molecule has 1 aliphatic rings. The fraction of sp³-hybridized carbons (Fsp3) is 0.348. The van der Waals surface area contributed by atoms with Gasteiger partial charge in [-0.15, -0.1) is 0 Å². The minimum Gasteiger partial charge on any atom is -0.495 e. The Hall–Kier alpha value is -3.24. The Bertz CT molecular complexity index is 1200. The molecular formula is C23H27N5O4S. The summed E-state index contributed by atoms with van der Waals surface area (Å²) in [4.78, 5) is 16.8. The van der Waals surface area contributed by atoms with Crippen LogP contribution in [-0.4, -0.2) is 42.2 Å². The fourth-order valence-corrected chi connectivity index (χ4v) is 5.47. The van der Waals surface area contributed by atoms with Gasteiger partial charge in [-0.1, -0.05) is 25.0 Å². The predicted molar refractivity (Wildman–Crippen MR) is 123 cm³/mol. The number of nitrogens with zero attached hydrogens (tertiary/aromatic N) is 3. The van der Waals surface area contributed by atoms with Crippen LogP contribution in [0.2, 0.25) is 0 Å². The zero-order valence-electron chi connectivity index (χ0n) is 18.6. The number of amides is 1. The Morgan fingerprint density at radius 3 is 2.52 bits per heavy atom. The lowest BCUT2D eigenvalue weighted by Gasteiger charge is -2.17. The van der Waals surface area contributed by atoms with Crippen molar-refractivity contribution in [2.75, 3.05) is 7.11 Å². The monoisotopic (exact) mass is 469 g/mol. The van der Waals surface area contributed by atoms with Crippen molar-refractivity contribution >= 4 is 15.9 Å². The maximum absolute atomic E-state index is 13.0. The van der Waals surface area contributed by atoms with Gasteiger partial charge >= 0.3 is 0 Å². The van der Waals surface area contributed by atoms with Crippen LogP contribution in [0.25, 0.3) is 5.69 Å². The third kappa shape index (κ3) is 5.23. The average molecular weight is 470 g/mol.